The first-order valence-electron chi connectivity index (χ1n) is 9.40. The van der Waals surface area contributed by atoms with Gasteiger partial charge in [-0.25, -0.2) is 0 Å². The van der Waals surface area contributed by atoms with Gasteiger partial charge in [0.25, 0.3) is 0 Å². The summed E-state index contributed by atoms with van der Waals surface area (Å²) >= 11 is 0. The fourth-order valence-electron chi connectivity index (χ4n) is 3.67. The number of methoxy groups -OCH3 is 1. The van der Waals surface area contributed by atoms with Gasteiger partial charge in [0, 0.05) is 37.0 Å². The van der Waals surface area contributed by atoms with Gasteiger partial charge in [0.2, 0.25) is 0 Å². The van der Waals surface area contributed by atoms with Gasteiger partial charge in [-0.2, -0.15) is 0 Å². The minimum Gasteiger partial charge on any atom is -0.504 e. The van der Waals surface area contributed by atoms with Crippen LogP contribution in [0.3, 0.4) is 0 Å². The van der Waals surface area contributed by atoms with Gasteiger partial charge in [-0.05, 0) is 48.4 Å². The van der Waals surface area contributed by atoms with E-state index in [2.05, 4.69) is 35.0 Å². The van der Waals surface area contributed by atoms with Gasteiger partial charge in [0.05, 0.1) is 12.8 Å². The lowest BCUT2D eigenvalue weighted by molar-refractivity contribution is 0.217. The Morgan fingerprint density at radius 3 is 2.82 bits per heavy atom. The number of rotatable bonds is 4. The molecular formula is C23H24N2O3. The summed E-state index contributed by atoms with van der Waals surface area (Å²) in [6, 6.07) is 15.8. The van der Waals surface area contributed by atoms with Crippen LogP contribution in [0.5, 0.6) is 17.2 Å². The van der Waals surface area contributed by atoms with E-state index in [0.717, 1.165) is 41.2 Å². The predicted molar refractivity (Wildman–Crippen MR) is 109 cm³/mol. The number of hydrogen-bond donors (Lipinski definition) is 1. The number of hydrogen-bond acceptors (Lipinski definition) is 5. The zero-order valence-corrected chi connectivity index (χ0v) is 16.2. The maximum atomic E-state index is 10.5. The van der Waals surface area contributed by atoms with Crippen LogP contribution >= 0.6 is 0 Å². The first-order chi connectivity index (χ1) is 13.6. The lowest BCUT2D eigenvalue weighted by Crippen LogP contribution is -2.25. The Hall–Kier alpha value is -3.05. The molecule has 0 atom stereocenters. The molecule has 5 nitrogen and oxygen atoms in total. The molecule has 0 aliphatic carbocycles. The Bertz CT molecular complexity index is 973. The van der Waals surface area contributed by atoms with Crippen molar-refractivity contribution in [1.82, 2.24) is 9.88 Å². The topological polar surface area (TPSA) is 54.8 Å². The highest BCUT2D eigenvalue weighted by molar-refractivity contribution is 5.66. The van der Waals surface area contributed by atoms with Crippen molar-refractivity contribution in [3.63, 3.8) is 0 Å². The fourth-order valence-corrected chi connectivity index (χ4v) is 3.67. The van der Waals surface area contributed by atoms with Crippen molar-refractivity contribution >= 4 is 0 Å². The molecule has 0 saturated heterocycles. The molecule has 0 fully saturated rings. The molecule has 1 aliphatic rings. The largest absolute Gasteiger partial charge is 0.504 e. The van der Waals surface area contributed by atoms with Gasteiger partial charge in [-0.15, -0.1) is 0 Å². The van der Waals surface area contributed by atoms with Gasteiger partial charge in [0.1, 0.15) is 12.4 Å². The number of aryl methyl sites for hydroxylation is 1. The lowest BCUT2D eigenvalue weighted by Gasteiger charge is -2.20. The maximum Gasteiger partial charge on any atom is 0.165 e. The first-order valence-corrected chi connectivity index (χ1v) is 9.40. The predicted octanol–water partition coefficient (Wildman–Crippen LogP) is 4.17. The SMILES string of the molecule is COc1ccc(CN2CCOc3c(O)cc(-c4ccccn4)cc3C2)cc1C. The molecule has 4 rings (SSSR count). The van der Waals surface area contributed by atoms with Crippen LogP contribution in [0.1, 0.15) is 16.7 Å². The molecule has 1 aliphatic heterocycles. The third-order valence-corrected chi connectivity index (χ3v) is 5.02. The second-order valence-electron chi connectivity index (χ2n) is 7.06. The highest BCUT2D eigenvalue weighted by Crippen LogP contribution is 2.37. The van der Waals surface area contributed by atoms with Crippen LogP contribution < -0.4 is 9.47 Å². The fraction of sp³-hybridized carbons (Fsp3) is 0.261. The standard InChI is InChI=1S/C23H24N2O3/c1-16-11-17(6-7-22(16)27-2)14-25-9-10-28-23-19(15-25)12-18(13-21(23)26)20-5-3-4-8-24-20/h3-8,11-13,26H,9-10,14-15H2,1-2H3. The van der Waals surface area contributed by atoms with Crippen molar-refractivity contribution in [2.75, 3.05) is 20.3 Å². The lowest BCUT2D eigenvalue weighted by atomic mass is 10.0. The van der Waals surface area contributed by atoms with Gasteiger partial charge in [0.15, 0.2) is 11.5 Å². The molecule has 2 aromatic carbocycles. The van der Waals surface area contributed by atoms with E-state index in [1.165, 1.54) is 5.56 Å². The summed E-state index contributed by atoms with van der Waals surface area (Å²) in [6.45, 7) is 4.90. The molecule has 28 heavy (non-hydrogen) atoms. The van der Waals surface area contributed by atoms with Crippen molar-refractivity contribution < 1.29 is 14.6 Å². The molecule has 0 radical (unpaired) electrons. The van der Waals surface area contributed by atoms with E-state index in [9.17, 15) is 5.11 Å². The monoisotopic (exact) mass is 376 g/mol. The third kappa shape index (κ3) is 3.80. The smallest absolute Gasteiger partial charge is 0.165 e. The molecule has 2 heterocycles. The van der Waals surface area contributed by atoms with E-state index in [0.29, 0.717) is 18.9 Å². The van der Waals surface area contributed by atoms with Crippen LogP contribution in [0.4, 0.5) is 0 Å². The number of nitrogens with zero attached hydrogens (tertiary/aromatic N) is 2. The number of phenols is 1. The van der Waals surface area contributed by atoms with E-state index < -0.39 is 0 Å². The van der Waals surface area contributed by atoms with E-state index in [-0.39, 0.29) is 5.75 Å². The quantitative estimate of drug-likeness (QED) is 0.741. The summed E-state index contributed by atoms with van der Waals surface area (Å²) in [7, 11) is 1.69. The Labute approximate surface area is 165 Å². The number of aromatic nitrogens is 1. The van der Waals surface area contributed by atoms with Crippen molar-refractivity contribution in [2.45, 2.75) is 20.0 Å². The molecule has 0 spiro atoms. The molecule has 0 bridgehead atoms. The van der Waals surface area contributed by atoms with Gasteiger partial charge in [-0.3, -0.25) is 9.88 Å². The molecule has 1 N–H and O–H groups in total. The van der Waals surface area contributed by atoms with Crippen LogP contribution in [0.25, 0.3) is 11.3 Å². The number of fused-ring (bicyclic) bond motifs is 1. The van der Waals surface area contributed by atoms with Crippen molar-refractivity contribution in [1.29, 1.82) is 0 Å². The van der Waals surface area contributed by atoms with E-state index in [4.69, 9.17) is 9.47 Å². The zero-order chi connectivity index (χ0) is 19.5. The summed E-state index contributed by atoms with van der Waals surface area (Å²) in [6.07, 6.45) is 1.76. The molecule has 0 saturated carbocycles. The van der Waals surface area contributed by atoms with E-state index >= 15 is 0 Å². The van der Waals surface area contributed by atoms with Gasteiger partial charge < -0.3 is 14.6 Å². The molecule has 144 valence electrons. The van der Waals surface area contributed by atoms with E-state index in [1.54, 1.807) is 19.4 Å². The summed E-state index contributed by atoms with van der Waals surface area (Å²) in [5.41, 5.74) is 5.06. The van der Waals surface area contributed by atoms with Gasteiger partial charge >= 0.3 is 0 Å². The average molecular weight is 376 g/mol. The highest BCUT2D eigenvalue weighted by atomic mass is 16.5. The van der Waals surface area contributed by atoms with E-state index in [1.807, 2.05) is 24.3 Å². The zero-order valence-electron chi connectivity index (χ0n) is 16.2. The van der Waals surface area contributed by atoms with Crippen molar-refractivity contribution in [3.05, 3.63) is 71.4 Å². The summed E-state index contributed by atoms with van der Waals surface area (Å²) in [5.74, 6) is 1.65. The third-order valence-electron chi connectivity index (χ3n) is 5.02. The Morgan fingerprint density at radius 2 is 2.07 bits per heavy atom. The molecule has 1 aromatic heterocycles. The number of benzene rings is 2. The van der Waals surface area contributed by atoms with Crippen LogP contribution in [-0.4, -0.2) is 35.3 Å². The molecule has 5 heteroatoms. The number of aromatic hydroxyl groups is 1. The van der Waals surface area contributed by atoms with Crippen molar-refractivity contribution in [3.8, 4) is 28.5 Å². The van der Waals surface area contributed by atoms with Crippen molar-refractivity contribution in [2.24, 2.45) is 0 Å². The van der Waals surface area contributed by atoms with Crippen LogP contribution in [0, 0.1) is 6.92 Å². The average Bonchev–Trinajstić information content (AvgIpc) is 2.91. The Kier molecular flexibility index (Phi) is 5.17. The minimum absolute atomic E-state index is 0.167. The molecular weight excluding hydrogens is 352 g/mol. The maximum absolute atomic E-state index is 10.5. The van der Waals surface area contributed by atoms with Gasteiger partial charge in [-0.1, -0.05) is 18.2 Å². The number of pyridine rings is 1. The van der Waals surface area contributed by atoms with Crippen LogP contribution in [0.2, 0.25) is 0 Å². The second kappa shape index (κ2) is 7.90. The van der Waals surface area contributed by atoms with Crippen LogP contribution in [-0.2, 0) is 13.1 Å². The molecule has 0 amide bonds. The number of ether oxygens (including phenoxy) is 2. The Morgan fingerprint density at radius 1 is 1.18 bits per heavy atom. The van der Waals surface area contributed by atoms with Crippen LogP contribution in [0.15, 0.2) is 54.7 Å². The first kappa shape index (κ1) is 18.3. The number of phenolic OH excluding ortho intramolecular Hbond substituents is 1. The molecule has 0 unspecified atom stereocenters. The summed E-state index contributed by atoms with van der Waals surface area (Å²) in [4.78, 5) is 6.73. The highest BCUT2D eigenvalue weighted by Gasteiger charge is 2.20. The summed E-state index contributed by atoms with van der Waals surface area (Å²) in [5, 5.41) is 10.5. The Balaban J connectivity index is 1.60. The minimum atomic E-state index is 0.167. The molecule has 3 aromatic rings. The normalized spacial score (nSPS) is 14.1. The summed E-state index contributed by atoms with van der Waals surface area (Å²) < 4.78 is 11.2. The second-order valence-corrected chi connectivity index (χ2v) is 7.06.